The lowest BCUT2D eigenvalue weighted by molar-refractivity contribution is -0.120. The van der Waals surface area contributed by atoms with Crippen molar-refractivity contribution in [3.8, 4) is 9.88 Å². The Morgan fingerprint density at radius 2 is 2.40 bits per heavy atom. The second-order valence-corrected chi connectivity index (χ2v) is 4.78. The van der Waals surface area contributed by atoms with Crippen LogP contribution in [0.25, 0.3) is 9.88 Å². The van der Waals surface area contributed by atoms with E-state index in [1.165, 1.54) is 0 Å². The zero-order valence-electron chi connectivity index (χ0n) is 8.19. The number of nitrogens with one attached hydrogen (secondary N) is 1. The summed E-state index contributed by atoms with van der Waals surface area (Å²) in [5.41, 5.74) is 0.836. The van der Waals surface area contributed by atoms with Crippen LogP contribution >= 0.6 is 22.7 Å². The van der Waals surface area contributed by atoms with Crippen LogP contribution in [0.3, 0.4) is 0 Å². The van der Waals surface area contributed by atoms with Gasteiger partial charge in [0.15, 0.2) is 0 Å². The second kappa shape index (κ2) is 4.55. The van der Waals surface area contributed by atoms with Gasteiger partial charge in [-0.15, -0.1) is 22.7 Å². The molecule has 0 aliphatic heterocycles. The molecule has 78 valence electrons. The van der Waals surface area contributed by atoms with Crippen LogP contribution in [0.15, 0.2) is 22.9 Å². The van der Waals surface area contributed by atoms with Crippen molar-refractivity contribution in [2.45, 2.75) is 6.42 Å². The van der Waals surface area contributed by atoms with Gasteiger partial charge in [0.2, 0.25) is 5.91 Å². The largest absolute Gasteiger partial charge is 0.359 e. The van der Waals surface area contributed by atoms with Gasteiger partial charge < -0.3 is 5.32 Å². The molecule has 0 aliphatic carbocycles. The third kappa shape index (κ3) is 2.43. The minimum absolute atomic E-state index is 0.00182. The van der Waals surface area contributed by atoms with E-state index in [1.54, 1.807) is 29.7 Å². The van der Waals surface area contributed by atoms with Crippen LogP contribution in [0.1, 0.15) is 5.69 Å². The lowest BCUT2D eigenvalue weighted by Crippen LogP contribution is -2.19. The summed E-state index contributed by atoms with van der Waals surface area (Å²) in [7, 11) is 1.63. The van der Waals surface area contributed by atoms with Crippen LogP contribution in [0.2, 0.25) is 0 Å². The minimum Gasteiger partial charge on any atom is -0.359 e. The quantitative estimate of drug-likeness (QED) is 0.890. The summed E-state index contributed by atoms with van der Waals surface area (Å²) >= 11 is 3.24. The molecule has 2 heterocycles. The van der Waals surface area contributed by atoms with Crippen molar-refractivity contribution in [1.82, 2.24) is 10.3 Å². The van der Waals surface area contributed by atoms with Crippen LogP contribution in [-0.2, 0) is 11.2 Å². The second-order valence-electron chi connectivity index (χ2n) is 2.97. The van der Waals surface area contributed by atoms with Gasteiger partial charge in [-0.3, -0.25) is 4.79 Å². The van der Waals surface area contributed by atoms with Crippen molar-refractivity contribution in [2.24, 2.45) is 0 Å². The number of rotatable bonds is 3. The van der Waals surface area contributed by atoms with Gasteiger partial charge in [0.25, 0.3) is 0 Å². The molecule has 3 nitrogen and oxygen atoms in total. The molecule has 5 heteroatoms. The minimum atomic E-state index is -0.00182. The summed E-state index contributed by atoms with van der Waals surface area (Å²) in [6.45, 7) is 0. The molecule has 1 N–H and O–H groups in total. The predicted octanol–water partition coefficient (Wildman–Crippen LogP) is 2.16. The van der Waals surface area contributed by atoms with E-state index in [0.29, 0.717) is 6.42 Å². The number of likely N-dealkylation sites (N-methyl/N-ethyl adjacent to an activating group) is 1. The molecule has 0 aliphatic rings. The standard InChI is InChI=1S/C10H10N2OS2/c1-11-9(13)5-7-6-15-10(12-7)8-3-2-4-14-8/h2-4,6H,5H2,1H3,(H,11,13). The van der Waals surface area contributed by atoms with Crippen LogP contribution < -0.4 is 5.32 Å². The number of carbonyl (C=O) groups excluding carboxylic acids is 1. The number of thiazole rings is 1. The molecule has 0 bridgehead atoms. The van der Waals surface area contributed by atoms with Gasteiger partial charge >= 0.3 is 0 Å². The van der Waals surface area contributed by atoms with Crippen molar-refractivity contribution < 1.29 is 4.79 Å². The number of amides is 1. The molecule has 0 spiro atoms. The number of hydrogen-bond acceptors (Lipinski definition) is 4. The topological polar surface area (TPSA) is 42.0 Å². The highest BCUT2D eigenvalue weighted by Gasteiger charge is 2.07. The maximum absolute atomic E-state index is 11.1. The maximum atomic E-state index is 11.1. The zero-order chi connectivity index (χ0) is 10.7. The van der Waals surface area contributed by atoms with Gasteiger partial charge in [0, 0.05) is 12.4 Å². The summed E-state index contributed by atoms with van der Waals surface area (Å²) in [4.78, 5) is 16.7. The molecule has 1 amide bonds. The molecule has 0 radical (unpaired) electrons. The summed E-state index contributed by atoms with van der Waals surface area (Å²) in [5, 5.41) is 7.53. The highest BCUT2D eigenvalue weighted by Crippen LogP contribution is 2.27. The van der Waals surface area contributed by atoms with Crippen LogP contribution in [0.4, 0.5) is 0 Å². The fourth-order valence-corrected chi connectivity index (χ4v) is 2.79. The summed E-state index contributed by atoms with van der Waals surface area (Å²) in [5.74, 6) is -0.00182. The van der Waals surface area contributed by atoms with E-state index in [0.717, 1.165) is 15.6 Å². The Bertz CT molecular complexity index is 448. The van der Waals surface area contributed by atoms with Crippen molar-refractivity contribution in [3.05, 3.63) is 28.6 Å². The third-order valence-electron chi connectivity index (χ3n) is 1.90. The van der Waals surface area contributed by atoms with Gasteiger partial charge in [-0.2, -0.15) is 0 Å². The van der Waals surface area contributed by atoms with E-state index >= 15 is 0 Å². The van der Waals surface area contributed by atoms with Gasteiger partial charge in [0.1, 0.15) is 5.01 Å². The van der Waals surface area contributed by atoms with Crippen LogP contribution in [0, 0.1) is 0 Å². The number of carbonyl (C=O) groups is 1. The average molecular weight is 238 g/mol. The lowest BCUT2D eigenvalue weighted by atomic mass is 10.3. The van der Waals surface area contributed by atoms with E-state index in [2.05, 4.69) is 10.3 Å². The van der Waals surface area contributed by atoms with Crippen molar-refractivity contribution in [3.63, 3.8) is 0 Å². The fraction of sp³-hybridized carbons (Fsp3) is 0.200. The van der Waals surface area contributed by atoms with E-state index in [-0.39, 0.29) is 5.91 Å². The van der Waals surface area contributed by atoms with Crippen molar-refractivity contribution in [2.75, 3.05) is 7.05 Å². The summed E-state index contributed by atoms with van der Waals surface area (Å²) < 4.78 is 0. The SMILES string of the molecule is CNC(=O)Cc1csc(-c2cccs2)n1. The normalized spacial score (nSPS) is 10.2. The number of thiophene rings is 1. The summed E-state index contributed by atoms with van der Waals surface area (Å²) in [6.07, 6.45) is 0.359. The van der Waals surface area contributed by atoms with Crippen LogP contribution in [-0.4, -0.2) is 17.9 Å². The molecule has 0 fully saturated rings. The zero-order valence-corrected chi connectivity index (χ0v) is 9.82. The molecular formula is C10H10N2OS2. The molecule has 0 unspecified atom stereocenters. The first-order chi connectivity index (χ1) is 7.29. The lowest BCUT2D eigenvalue weighted by Gasteiger charge is -1.94. The van der Waals surface area contributed by atoms with Gasteiger partial charge in [-0.25, -0.2) is 4.98 Å². The number of hydrogen-bond donors (Lipinski definition) is 1. The van der Waals surface area contributed by atoms with Crippen molar-refractivity contribution in [1.29, 1.82) is 0 Å². The summed E-state index contributed by atoms with van der Waals surface area (Å²) in [6, 6.07) is 4.03. The van der Waals surface area contributed by atoms with Gasteiger partial charge in [-0.05, 0) is 11.4 Å². The highest BCUT2D eigenvalue weighted by atomic mass is 32.1. The van der Waals surface area contributed by atoms with E-state index < -0.39 is 0 Å². The average Bonchev–Trinajstić information content (AvgIpc) is 2.85. The first-order valence-electron chi connectivity index (χ1n) is 4.48. The molecule has 2 aromatic heterocycles. The van der Waals surface area contributed by atoms with Crippen LogP contribution in [0.5, 0.6) is 0 Å². The molecule has 0 aromatic carbocycles. The molecule has 2 aromatic rings. The van der Waals surface area contributed by atoms with Gasteiger partial charge in [0.05, 0.1) is 17.0 Å². The Morgan fingerprint density at radius 1 is 1.53 bits per heavy atom. The molecule has 2 rings (SSSR count). The van der Waals surface area contributed by atoms with E-state index in [4.69, 9.17) is 0 Å². The fourth-order valence-electron chi connectivity index (χ4n) is 1.15. The number of nitrogens with zero attached hydrogens (tertiary/aromatic N) is 1. The molecular weight excluding hydrogens is 228 g/mol. The Labute approximate surface area is 95.8 Å². The molecule has 15 heavy (non-hydrogen) atoms. The smallest absolute Gasteiger partial charge is 0.225 e. The predicted molar refractivity (Wildman–Crippen MR) is 63.2 cm³/mol. The monoisotopic (exact) mass is 238 g/mol. The van der Waals surface area contributed by atoms with E-state index in [1.807, 2.05) is 22.9 Å². The van der Waals surface area contributed by atoms with Gasteiger partial charge in [-0.1, -0.05) is 6.07 Å². The maximum Gasteiger partial charge on any atom is 0.225 e. The first kappa shape index (κ1) is 10.3. The Morgan fingerprint density at radius 3 is 3.07 bits per heavy atom. The first-order valence-corrected chi connectivity index (χ1v) is 6.24. The molecule has 0 saturated heterocycles. The Kier molecular flexibility index (Phi) is 3.13. The number of aromatic nitrogens is 1. The highest BCUT2D eigenvalue weighted by molar-refractivity contribution is 7.20. The van der Waals surface area contributed by atoms with Crippen molar-refractivity contribution >= 4 is 28.6 Å². The molecule has 0 atom stereocenters. The Hall–Kier alpha value is -1.20. The van der Waals surface area contributed by atoms with E-state index in [9.17, 15) is 4.79 Å². The Balaban J connectivity index is 2.14. The molecule has 0 saturated carbocycles. The third-order valence-corrected chi connectivity index (χ3v) is 3.83.